The van der Waals surface area contributed by atoms with Crippen molar-refractivity contribution in [2.75, 3.05) is 54.5 Å². The summed E-state index contributed by atoms with van der Waals surface area (Å²) < 4.78 is 7.59. The molecule has 1 atom stereocenters. The van der Waals surface area contributed by atoms with Gasteiger partial charge in [-0.2, -0.15) is 0 Å². The van der Waals surface area contributed by atoms with Gasteiger partial charge in [0.05, 0.1) is 25.5 Å². The molecule has 1 unspecified atom stereocenters. The fourth-order valence-electron chi connectivity index (χ4n) is 2.65. The number of fused-ring (bicyclic) bond motifs is 1. The van der Waals surface area contributed by atoms with E-state index in [0.29, 0.717) is 26.3 Å². The summed E-state index contributed by atoms with van der Waals surface area (Å²) in [6, 6.07) is -0.00501. The molecule has 0 N–H and O–H groups in total. The summed E-state index contributed by atoms with van der Waals surface area (Å²) in [6.45, 7) is 3.26. The van der Waals surface area contributed by atoms with E-state index in [1.54, 1.807) is 28.6 Å². The zero-order valence-electron chi connectivity index (χ0n) is 14.1. The maximum Gasteiger partial charge on any atom is 0.319 e. The predicted molar refractivity (Wildman–Crippen MR) is 82.6 cm³/mol. The van der Waals surface area contributed by atoms with E-state index in [-0.39, 0.29) is 11.9 Å². The lowest BCUT2D eigenvalue weighted by Gasteiger charge is -2.33. The summed E-state index contributed by atoms with van der Waals surface area (Å²) >= 11 is 0. The Labute approximate surface area is 131 Å². The van der Waals surface area contributed by atoms with Crippen molar-refractivity contribution in [2.24, 2.45) is 7.05 Å². The Morgan fingerprint density at radius 2 is 2.09 bits per heavy atom. The SMILES string of the molecule is CN(C)CCOCC1CN(C(=O)N(C)C)Cc2nnn(C)c21. The number of ether oxygens (including phenoxy) is 1. The number of hydrogen-bond acceptors (Lipinski definition) is 5. The number of likely N-dealkylation sites (N-methyl/N-ethyl adjacent to an activating group) is 1. The van der Waals surface area contributed by atoms with Gasteiger partial charge in [0.25, 0.3) is 0 Å². The number of nitrogens with zero attached hydrogens (tertiary/aromatic N) is 6. The predicted octanol–water partition coefficient (Wildman–Crippen LogP) is -0.0259. The Balaban J connectivity index is 2.06. The third-order valence-electron chi connectivity index (χ3n) is 3.77. The molecule has 8 heteroatoms. The van der Waals surface area contributed by atoms with E-state index in [1.165, 1.54) is 0 Å². The van der Waals surface area contributed by atoms with E-state index in [0.717, 1.165) is 17.9 Å². The standard InChI is InChI=1S/C14H26N6O2/c1-17(2)6-7-22-10-11-8-20(14(21)18(3)4)9-12-13(11)19(5)16-15-12/h11H,6-10H2,1-5H3. The van der Waals surface area contributed by atoms with E-state index in [9.17, 15) is 4.79 Å². The molecule has 1 aromatic heterocycles. The Bertz CT molecular complexity index is 513. The number of urea groups is 1. The summed E-state index contributed by atoms with van der Waals surface area (Å²) in [5, 5.41) is 8.29. The van der Waals surface area contributed by atoms with Crippen LogP contribution in [0.15, 0.2) is 0 Å². The largest absolute Gasteiger partial charge is 0.379 e. The average molecular weight is 310 g/mol. The molecule has 0 saturated heterocycles. The van der Waals surface area contributed by atoms with Crippen LogP contribution < -0.4 is 0 Å². The van der Waals surface area contributed by atoms with Gasteiger partial charge in [-0.05, 0) is 14.1 Å². The topological polar surface area (TPSA) is 66.7 Å². The molecule has 0 aromatic carbocycles. The molecule has 1 aromatic rings. The van der Waals surface area contributed by atoms with Gasteiger partial charge in [0.2, 0.25) is 0 Å². The molecule has 0 bridgehead atoms. The second-order valence-corrected chi connectivity index (χ2v) is 6.18. The van der Waals surface area contributed by atoms with Crippen LogP contribution in [-0.2, 0) is 18.3 Å². The first-order chi connectivity index (χ1) is 10.4. The molecule has 22 heavy (non-hydrogen) atoms. The van der Waals surface area contributed by atoms with Gasteiger partial charge in [-0.25, -0.2) is 4.79 Å². The second kappa shape index (κ2) is 7.06. The lowest BCUT2D eigenvalue weighted by atomic mass is 9.99. The van der Waals surface area contributed by atoms with Gasteiger partial charge in [0.1, 0.15) is 5.69 Å². The first-order valence-electron chi connectivity index (χ1n) is 7.47. The third kappa shape index (κ3) is 3.75. The van der Waals surface area contributed by atoms with Crippen molar-refractivity contribution in [1.29, 1.82) is 0 Å². The van der Waals surface area contributed by atoms with Gasteiger partial charge in [0, 0.05) is 40.2 Å². The number of rotatable bonds is 5. The minimum Gasteiger partial charge on any atom is -0.379 e. The molecule has 0 spiro atoms. The molecule has 2 amide bonds. The van der Waals surface area contributed by atoms with Gasteiger partial charge in [0.15, 0.2) is 0 Å². The summed E-state index contributed by atoms with van der Waals surface area (Å²) in [6.07, 6.45) is 0. The maximum atomic E-state index is 12.2. The van der Waals surface area contributed by atoms with Gasteiger partial charge in [-0.15, -0.1) is 5.10 Å². The van der Waals surface area contributed by atoms with Gasteiger partial charge in [-0.3, -0.25) is 4.68 Å². The minimum absolute atomic E-state index is 0.00501. The van der Waals surface area contributed by atoms with Crippen LogP contribution in [0.2, 0.25) is 0 Å². The number of aryl methyl sites for hydroxylation is 1. The average Bonchev–Trinajstić information content (AvgIpc) is 2.84. The Hall–Kier alpha value is -1.67. The maximum absolute atomic E-state index is 12.2. The zero-order valence-corrected chi connectivity index (χ0v) is 14.1. The van der Waals surface area contributed by atoms with E-state index < -0.39 is 0 Å². The Kier molecular flexibility index (Phi) is 5.36. The van der Waals surface area contributed by atoms with Crippen LogP contribution in [0.3, 0.4) is 0 Å². The smallest absolute Gasteiger partial charge is 0.319 e. The van der Waals surface area contributed by atoms with E-state index in [1.807, 2.05) is 21.1 Å². The molecular weight excluding hydrogens is 284 g/mol. The van der Waals surface area contributed by atoms with Crippen LogP contribution in [0.4, 0.5) is 4.79 Å². The van der Waals surface area contributed by atoms with Crippen LogP contribution in [0, 0.1) is 0 Å². The number of amides is 2. The highest BCUT2D eigenvalue weighted by molar-refractivity contribution is 5.74. The molecule has 0 fully saturated rings. The molecule has 0 aliphatic carbocycles. The lowest BCUT2D eigenvalue weighted by Crippen LogP contribution is -2.44. The van der Waals surface area contributed by atoms with E-state index >= 15 is 0 Å². The highest BCUT2D eigenvalue weighted by Crippen LogP contribution is 2.27. The summed E-state index contributed by atoms with van der Waals surface area (Å²) in [5.74, 6) is 0.106. The van der Waals surface area contributed by atoms with Gasteiger partial charge in [-0.1, -0.05) is 5.21 Å². The minimum atomic E-state index is -0.00501. The highest BCUT2D eigenvalue weighted by atomic mass is 16.5. The fraction of sp³-hybridized carbons (Fsp3) is 0.786. The number of carbonyl (C=O) groups excluding carboxylic acids is 1. The van der Waals surface area contributed by atoms with Gasteiger partial charge < -0.3 is 19.4 Å². The normalized spacial score (nSPS) is 17.7. The summed E-state index contributed by atoms with van der Waals surface area (Å²) in [7, 11) is 9.45. The van der Waals surface area contributed by atoms with Crippen molar-refractivity contribution in [3.05, 3.63) is 11.4 Å². The van der Waals surface area contributed by atoms with Crippen molar-refractivity contribution < 1.29 is 9.53 Å². The molecule has 0 radical (unpaired) electrons. The molecule has 1 aliphatic heterocycles. The molecule has 2 heterocycles. The molecule has 1 aliphatic rings. The number of carbonyl (C=O) groups is 1. The van der Waals surface area contributed by atoms with E-state index in [2.05, 4.69) is 15.2 Å². The van der Waals surface area contributed by atoms with Crippen molar-refractivity contribution in [3.8, 4) is 0 Å². The summed E-state index contributed by atoms with van der Waals surface area (Å²) in [4.78, 5) is 17.7. The fourth-order valence-corrected chi connectivity index (χ4v) is 2.65. The molecule has 2 rings (SSSR count). The lowest BCUT2D eigenvalue weighted by molar-refractivity contribution is 0.0864. The van der Waals surface area contributed by atoms with Crippen molar-refractivity contribution in [1.82, 2.24) is 29.7 Å². The molecule has 8 nitrogen and oxygen atoms in total. The Morgan fingerprint density at radius 1 is 1.36 bits per heavy atom. The quantitative estimate of drug-likeness (QED) is 0.715. The van der Waals surface area contributed by atoms with Crippen LogP contribution in [0.25, 0.3) is 0 Å². The zero-order chi connectivity index (χ0) is 16.3. The number of hydrogen-bond donors (Lipinski definition) is 0. The van der Waals surface area contributed by atoms with Gasteiger partial charge >= 0.3 is 6.03 Å². The molecular formula is C14H26N6O2. The first-order valence-corrected chi connectivity index (χ1v) is 7.47. The van der Waals surface area contributed by atoms with Crippen molar-refractivity contribution in [3.63, 3.8) is 0 Å². The molecule has 0 saturated carbocycles. The van der Waals surface area contributed by atoms with Crippen molar-refractivity contribution >= 4 is 6.03 Å². The second-order valence-electron chi connectivity index (χ2n) is 6.18. The highest BCUT2D eigenvalue weighted by Gasteiger charge is 2.32. The van der Waals surface area contributed by atoms with E-state index in [4.69, 9.17) is 4.74 Å². The first kappa shape index (κ1) is 16.7. The Morgan fingerprint density at radius 3 is 2.73 bits per heavy atom. The number of aromatic nitrogens is 3. The monoisotopic (exact) mass is 310 g/mol. The van der Waals surface area contributed by atoms with Crippen LogP contribution >= 0.6 is 0 Å². The van der Waals surface area contributed by atoms with Crippen molar-refractivity contribution in [2.45, 2.75) is 12.5 Å². The summed E-state index contributed by atoms with van der Waals surface area (Å²) in [5.41, 5.74) is 1.94. The van der Waals surface area contributed by atoms with Crippen LogP contribution in [0.5, 0.6) is 0 Å². The van der Waals surface area contributed by atoms with Crippen LogP contribution in [0.1, 0.15) is 17.3 Å². The van der Waals surface area contributed by atoms with Crippen LogP contribution in [-0.4, -0.2) is 90.2 Å². The molecule has 124 valence electrons. The third-order valence-corrected chi connectivity index (χ3v) is 3.77.